The molecule has 0 heterocycles. The first kappa shape index (κ1) is 13.2. The Morgan fingerprint density at radius 2 is 2.12 bits per heavy atom. The number of rotatable bonds is 3. The number of hydrogen-bond acceptors (Lipinski definition) is 2. The lowest BCUT2D eigenvalue weighted by atomic mass is 10.3. The minimum atomic E-state index is -1.14. The molecule has 0 fully saturated rings. The van der Waals surface area contributed by atoms with Gasteiger partial charge in [-0.3, -0.25) is 4.90 Å². The van der Waals surface area contributed by atoms with Gasteiger partial charge in [0.05, 0.1) is 15.7 Å². The molecule has 16 heavy (non-hydrogen) atoms. The largest absolute Gasteiger partial charge is 0.465 e. The highest BCUT2D eigenvalue weighted by molar-refractivity contribution is 7.81. The van der Waals surface area contributed by atoms with Crippen molar-refractivity contribution in [2.45, 2.75) is 5.37 Å². The molecule has 6 heteroatoms. The molecule has 1 rings (SSSR count). The molecule has 1 atom stereocenters. The highest BCUT2D eigenvalue weighted by Crippen LogP contribution is 2.29. The zero-order valence-electron chi connectivity index (χ0n) is 8.10. The number of thiol groups is 1. The minimum absolute atomic E-state index is 0.287. The summed E-state index contributed by atoms with van der Waals surface area (Å²) in [6, 6.07) is 4.54. The van der Waals surface area contributed by atoms with E-state index in [0.29, 0.717) is 10.7 Å². The van der Waals surface area contributed by atoms with Gasteiger partial charge < -0.3 is 5.11 Å². The van der Waals surface area contributed by atoms with Gasteiger partial charge in [0.1, 0.15) is 5.37 Å². The summed E-state index contributed by atoms with van der Waals surface area (Å²) < 4.78 is 0. The van der Waals surface area contributed by atoms with Crippen LogP contribution in [0.25, 0.3) is 0 Å². The van der Waals surface area contributed by atoms with Crippen molar-refractivity contribution < 1.29 is 9.90 Å². The van der Waals surface area contributed by atoms with E-state index < -0.39 is 11.5 Å². The molecular formula is C10H9Cl2NO2S. The van der Waals surface area contributed by atoms with Crippen LogP contribution < -0.4 is 4.90 Å². The number of amides is 1. The monoisotopic (exact) mass is 277 g/mol. The molecule has 0 saturated carbocycles. The second-order valence-electron chi connectivity index (χ2n) is 2.90. The Bertz CT molecular complexity index is 425. The lowest BCUT2D eigenvalue weighted by Gasteiger charge is -2.23. The van der Waals surface area contributed by atoms with Crippen LogP contribution in [0.5, 0.6) is 0 Å². The third-order valence-electron chi connectivity index (χ3n) is 1.86. The van der Waals surface area contributed by atoms with Crippen molar-refractivity contribution in [1.82, 2.24) is 0 Å². The van der Waals surface area contributed by atoms with E-state index in [1.165, 1.54) is 18.2 Å². The van der Waals surface area contributed by atoms with Gasteiger partial charge in [-0.05, 0) is 18.2 Å². The van der Waals surface area contributed by atoms with Gasteiger partial charge in [0.2, 0.25) is 0 Å². The summed E-state index contributed by atoms with van der Waals surface area (Å²) in [6.07, 6.45) is 0.262. The predicted molar refractivity (Wildman–Crippen MR) is 69.9 cm³/mol. The van der Waals surface area contributed by atoms with E-state index in [1.54, 1.807) is 6.07 Å². The second-order valence-corrected chi connectivity index (χ2v) is 4.24. The van der Waals surface area contributed by atoms with E-state index in [-0.39, 0.29) is 5.02 Å². The van der Waals surface area contributed by atoms with Crippen molar-refractivity contribution in [3.63, 3.8) is 0 Å². The summed E-state index contributed by atoms with van der Waals surface area (Å²) in [5, 5.41) is 9.05. The van der Waals surface area contributed by atoms with E-state index in [2.05, 4.69) is 19.2 Å². The van der Waals surface area contributed by atoms with Crippen LogP contribution in [-0.4, -0.2) is 16.6 Å². The van der Waals surface area contributed by atoms with Crippen molar-refractivity contribution in [3.05, 3.63) is 40.9 Å². The van der Waals surface area contributed by atoms with Crippen molar-refractivity contribution in [2.24, 2.45) is 0 Å². The molecule has 0 radical (unpaired) electrons. The molecule has 1 unspecified atom stereocenters. The van der Waals surface area contributed by atoms with Gasteiger partial charge in [0, 0.05) is 0 Å². The third kappa shape index (κ3) is 2.84. The summed E-state index contributed by atoms with van der Waals surface area (Å²) in [4.78, 5) is 12.1. The van der Waals surface area contributed by atoms with Gasteiger partial charge in [0.15, 0.2) is 0 Å². The molecule has 0 aromatic heterocycles. The Morgan fingerprint density at radius 1 is 1.50 bits per heavy atom. The third-order valence-corrected chi connectivity index (χ3v) is 3.04. The molecule has 1 amide bonds. The summed E-state index contributed by atoms with van der Waals surface area (Å²) in [6.45, 7) is 3.49. The highest BCUT2D eigenvalue weighted by atomic mass is 35.5. The second kappa shape index (κ2) is 5.48. The Morgan fingerprint density at radius 3 is 2.56 bits per heavy atom. The maximum absolute atomic E-state index is 11.0. The normalized spacial score (nSPS) is 11.9. The number of benzene rings is 1. The SMILES string of the molecule is C=CC(S)N(C(=O)O)c1ccc(Cl)c(Cl)c1. The lowest BCUT2D eigenvalue weighted by molar-refractivity contribution is 0.202. The fourth-order valence-corrected chi connectivity index (χ4v) is 1.64. The zero-order chi connectivity index (χ0) is 12.3. The van der Waals surface area contributed by atoms with Crippen LogP contribution in [0, 0.1) is 0 Å². The van der Waals surface area contributed by atoms with Crippen molar-refractivity contribution in [3.8, 4) is 0 Å². The quantitative estimate of drug-likeness (QED) is 0.500. The molecule has 86 valence electrons. The molecule has 1 N–H and O–H groups in total. The average molecular weight is 278 g/mol. The molecule has 0 spiro atoms. The summed E-state index contributed by atoms with van der Waals surface area (Å²) in [7, 11) is 0. The van der Waals surface area contributed by atoms with Gasteiger partial charge in [-0.25, -0.2) is 4.79 Å². The van der Waals surface area contributed by atoms with Gasteiger partial charge >= 0.3 is 6.09 Å². The van der Waals surface area contributed by atoms with Crippen LogP contribution >= 0.6 is 35.8 Å². The van der Waals surface area contributed by atoms with E-state index in [4.69, 9.17) is 28.3 Å². The molecule has 1 aromatic carbocycles. The number of carboxylic acid groups (broad SMARTS) is 1. The Balaban J connectivity index is 3.16. The fourth-order valence-electron chi connectivity index (χ4n) is 1.12. The van der Waals surface area contributed by atoms with Gasteiger partial charge in [-0.2, -0.15) is 0 Å². The molecule has 0 saturated heterocycles. The maximum atomic E-state index is 11.0. The molecule has 0 bridgehead atoms. The first-order chi connectivity index (χ1) is 7.47. The number of nitrogens with zero attached hydrogens (tertiary/aromatic N) is 1. The van der Waals surface area contributed by atoms with Crippen molar-refractivity contribution in [1.29, 1.82) is 0 Å². The first-order valence-corrected chi connectivity index (χ1v) is 5.52. The molecule has 0 aliphatic carbocycles. The summed E-state index contributed by atoms with van der Waals surface area (Å²) in [5.41, 5.74) is 0.391. The Hall–Kier alpha value is -0.840. The highest BCUT2D eigenvalue weighted by Gasteiger charge is 2.20. The Kier molecular flexibility index (Phi) is 4.53. The molecular weight excluding hydrogens is 269 g/mol. The standard InChI is InChI=1S/C10H9Cl2NO2S/c1-2-9(16)13(10(14)15)6-3-4-7(11)8(12)5-6/h2-5,9,16H,1H2,(H,14,15). The summed E-state index contributed by atoms with van der Waals surface area (Å²) >= 11 is 15.6. The molecule has 0 aliphatic heterocycles. The molecule has 1 aromatic rings. The molecule has 3 nitrogen and oxygen atoms in total. The van der Waals surface area contributed by atoms with Gasteiger partial charge in [0.25, 0.3) is 0 Å². The Labute approximate surface area is 109 Å². The van der Waals surface area contributed by atoms with Crippen LogP contribution in [0.15, 0.2) is 30.9 Å². The predicted octanol–water partition coefficient (Wildman–Crippen LogP) is 3.92. The number of carbonyl (C=O) groups is 1. The fraction of sp³-hybridized carbons (Fsp3) is 0.100. The number of anilines is 1. The van der Waals surface area contributed by atoms with Crippen LogP contribution in [0.2, 0.25) is 10.0 Å². The van der Waals surface area contributed by atoms with E-state index >= 15 is 0 Å². The van der Waals surface area contributed by atoms with Crippen LogP contribution in [0.3, 0.4) is 0 Å². The van der Waals surface area contributed by atoms with E-state index in [1.807, 2.05) is 0 Å². The topological polar surface area (TPSA) is 40.5 Å². The zero-order valence-corrected chi connectivity index (χ0v) is 10.5. The van der Waals surface area contributed by atoms with Gasteiger partial charge in [-0.15, -0.1) is 19.2 Å². The molecule has 0 aliphatic rings. The van der Waals surface area contributed by atoms with E-state index in [9.17, 15) is 4.79 Å². The van der Waals surface area contributed by atoms with Gasteiger partial charge in [-0.1, -0.05) is 29.3 Å². The van der Waals surface area contributed by atoms with Crippen LogP contribution in [0.4, 0.5) is 10.5 Å². The summed E-state index contributed by atoms with van der Waals surface area (Å²) in [5.74, 6) is 0. The lowest BCUT2D eigenvalue weighted by Crippen LogP contribution is -2.34. The first-order valence-electron chi connectivity index (χ1n) is 4.25. The smallest absolute Gasteiger partial charge is 0.413 e. The maximum Gasteiger partial charge on any atom is 0.413 e. The minimum Gasteiger partial charge on any atom is -0.465 e. The van der Waals surface area contributed by atoms with Crippen molar-refractivity contribution >= 4 is 47.6 Å². The average Bonchev–Trinajstić information content (AvgIpc) is 2.22. The van der Waals surface area contributed by atoms with Crippen LogP contribution in [0.1, 0.15) is 0 Å². The van der Waals surface area contributed by atoms with Crippen LogP contribution in [-0.2, 0) is 0 Å². The van der Waals surface area contributed by atoms with Crippen molar-refractivity contribution in [2.75, 3.05) is 4.90 Å². The van der Waals surface area contributed by atoms with E-state index in [0.717, 1.165) is 4.90 Å². The number of hydrogen-bond donors (Lipinski definition) is 2. The number of halogens is 2.